The Bertz CT molecular complexity index is 777. The Morgan fingerprint density at radius 3 is 3.05 bits per heavy atom. The van der Waals surface area contributed by atoms with E-state index in [1.807, 2.05) is 42.6 Å². The smallest absolute Gasteiger partial charge is 0.156 e. The number of nitrogens with zero attached hydrogens (tertiary/aromatic N) is 3. The van der Waals surface area contributed by atoms with Gasteiger partial charge in [0, 0.05) is 24.4 Å². The SMILES string of the molecule is Nc1cccc(CC#Cc2ccn3nccc3n2)c1. The zero-order valence-corrected chi connectivity index (χ0v) is 10.2. The molecule has 2 heterocycles. The van der Waals surface area contributed by atoms with Gasteiger partial charge in [-0.25, -0.2) is 9.50 Å². The van der Waals surface area contributed by atoms with Gasteiger partial charge in [-0.05, 0) is 29.7 Å². The molecule has 0 saturated carbocycles. The van der Waals surface area contributed by atoms with E-state index in [0.717, 1.165) is 22.6 Å². The highest BCUT2D eigenvalue weighted by Gasteiger charge is 1.95. The van der Waals surface area contributed by atoms with Crippen LogP contribution in [-0.2, 0) is 6.42 Å². The quantitative estimate of drug-likeness (QED) is 0.528. The molecule has 1 aromatic carbocycles. The van der Waals surface area contributed by atoms with Crippen molar-refractivity contribution in [3.05, 3.63) is 60.0 Å². The molecule has 0 saturated heterocycles. The van der Waals surface area contributed by atoms with E-state index in [2.05, 4.69) is 21.9 Å². The van der Waals surface area contributed by atoms with E-state index in [9.17, 15) is 0 Å². The van der Waals surface area contributed by atoms with E-state index in [4.69, 9.17) is 5.73 Å². The standard InChI is InChI=1S/C15H12N4/c16-13-5-1-3-12(11-13)4-2-6-14-8-10-19-15(18-14)7-9-17-19/h1,3,5,7-11H,4,16H2. The highest BCUT2D eigenvalue weighted by Crippen LogP contribution is 2.06. The molecule has 0 spiro atoms. The molecule has 0 amide bonds. The third-order valence-electron chi connectivity index (χ3n) is 2.72. The molecule has 2 aromatic heterocycles. The van der Waals surface area contributed by atoms with Gasteiger partial charge in [0.2, 0.25) is 0 Å². The molecule has 0 aliphatic rings. The molecule has 0 bridgehead atoms. The number of aromatic nitrogens is 3. The first-order valence-electron chi connectivity index (χ1n) is 5.95. The lowest BCUT2D eigenvalue weighted by molar-refractivity contribution is 0.936. The van der Waals surface area contributed by atoms with E-state index in [0.29, 0.717) is 6.42 Å². The summed E-state index contributed by atoms with van der Waals surface area (Å²) in [5, 5.41) is 4.09. The van der Waals surface area contributed by atoms with E-state index in [1.165, 1.54) is 0 Å². The second-order valence-corrected chi connectivity index (χ2v) is 4.17. The van der Waals surface area contributed by atoms with Crippen molar-refractivity contribution in [2.75, 3.05) is 5.73 Å². The average molecular weight is 248 g/mol. The lowest BCUT2D eigenvalue weighted by Crippen LogP contribution is -1.91. The second-order valence-electron chi connectivity index (χ2n) is 4.17. The van der Waals surface area contributed by atoms with Crippen LogP contribution in [0.25, 0.3) is 5.65 Å². The van der Waals surface area contributed by atoms with Crippen LogP contribution in [0.2, 0.25) is 0 Å². The van der Waals surface area contributed by atoms with Gasteiger partial charge in [-0.15, -0.1) is 0 Å². The molecule has 0 atom stereocenters. The van der Waals surface area contributed by atoms with Crippen LogP contribution in [-0.4, -0.2) is 14.6 Å². The number of hydrogen-bond donors (Lipinski definition) is 1. The van der Waals surface area contributed by atoms with E-state index in [-0.39, 0.29) is 0 Å². The number of rotatable bonds is 1. The van der Waals surface area contributed by atoms with E-state index in [1.54, 1.807) is 10.7 Å². The van der Waals surface area contributed by atoms with Crippen LogP contribution in [0.5, 0.6) is 0 Å². The normalized spacial score (nSPS) is 10.1. The van der Waals surface area contributed by atoms with Crippen LogP contribution in [0.3, 0.4) is 0 Å². The Kier molecular flexibility index (Phi) is 2.87. The summed E-state index contributed by atoms with van der Waals surface area (Å²) in [5.41, 5.74) is 9.14. The predicted molar refractivity (Wildman–Crippen MR) is 74.4 cm³/mol. The van der Waals surface area contributed by atoms with Gasteiger partial charge in [0.05, 0.1) is 6.20 Å². The summed E-state index contributed by atoms with van der Waals surface area (Å²) < 4.78 is 1.71. The Balaban J connectivity index is 1.79. The fourth-order valence-corrected chi connectivity index (χ4v) is 1.82. The van der Waals surface area contributed by atoms with Crippen LogP contribution in [0.1, 0.15) is 11.3 Å². The number of fused-ring (bicyclic) bond motifs is 1. The number of benzene rings is 1. The Morgan fingerprint density at radius 1 is 1.21 bits per heavy atom. The number of anilines is 1. The first-order valence-corrected chi connectivity index (χ1v) is 5.95. The summed E-state index contributed by atoms with van der Waals surface area (Å²) in [4.78, 5) is 4.39. The molecule has 0 radical (unpaired) electrons. The van der Waals surface area contributed by atoms with Crippen molar-refractivity contribution in [3.63, 3.8) is 0 Å². The minimum Gasteiger partial charge on any atom is -0.399 e. The van der Waals surface area contributed by atoms with Gasteiger partial charge in [0.1, 0.15) is 5.69 Å². The second kappa shape index (κ2) is 4.83. The molecule has 0 fully saturated rings. The van der Waals surface area contributed by atoms with Gasteiger partial charge in [0.25, 0.3) is 0 Å². The van der Waals surface area contributed by atoms with Crippen molar-refractivity contribution in [2.45, 2.75) is 6.42 Å². The molecule has 92 valence electrons. The fraction of sp³-hybridized carbons (Fsp3) is 0.0667. The Hall–Kier alpha value is -2.80. The maximum absolute atomic E-state index is 5.72. The summed E-state index contributed by atoms with van der Waals surface area (Å²) >= 11 is 0. The van der Waals surface area contributed by atoms with Crippen LogP contribution in [0.4, 0.5) is 5.69 Å². The monoisotopic (exact) mass is 248 g/mol. The lowest BCUT2D eigenvalue weighted by Gasteiger charge is -1.96. The van der Waals surface area contributed by atoms with Crippen molar-refractivity contribution in [2.24, 2.45) is 0 Å². The fourth-order valence-electron chi connectivity index (χ4n) is 1.82. The van der Waals surface area contributed by atoms with Crippen molar-refractivity contribution >= 4 is 11.3 Å². The molecule has 4 nitrogen and oxygen atoms in total. The largest absolute Gasteiger partial charge is 0.399 e. The minimum atomic E-state index is 0.664. The maximum Gasteiger partial charge on any atom is 0.156 e. The molecule has 2 N–H and O–H groups in total. The zero-order valence-electron chi connectivity index (χ0n) is 10.2. The van der Waals surface area contributed by atoms with Gasteiger partial charge >= 0.3 is 0 Å². The number of nitrogens with two attached hydrogens (primary N) is 1. The zero-order chi connectivity index (χ0) is 13.1. The van der Waals surface area contributed by atoms with Crippen molar-refractivity contribution in [3.8, 4) is 11.8 Å². The molecule has 4 heteroatoms. The number of hydrogen-bond acceptors (Lipinski definition) is 3. The first-order chi connectivity index (χ1) is 9.31. The van der Waals surface area contributed by atoms with Gasteiger partial charge in [0.15, 0.2) is 5.65 Å². The van der Waals surface area contributed by atoms with Crippen LogP contribution >= 0.6 is 0 Å². The summed E-state index contributed by atoms with van der Waals surface area (Å²) in [6, 6.07) is 11.4. The van der Waals surface area contributed by atoms with Crippen LogP contribution in [0.15, 0.2) is 48.8 Å². The lowest BCUT2D eigenvalue weighted by atomic mass is 10.1. The molecule has 0 aliphatic heterocycles. The predicted octanol–water partition coefficient (Wildman–Crippen LogP) is 1.91. The molecule has 0 aliphatic carbocycles. The van der Waals surface area contributed by atoms with Gasteiger partial charge < -0.3 is 5.73 Å². The number of nitrogen functional groups attached to an aromatic ring is 1. The maximum atomic E-state index is 5.72. The Labute approximate surface area is 110 Å². The van der Waals surface area contributed by atoms with E-state index >= 15 is 0 Å². The highest BCUT2D eigenvalue weighted by molar-refractivity contribution is 5.43. The summed E-state index contributed by atoms with van der Waals surface area (Å²) in [7, 11) is 0. The van der Waals surface area contributed by atoms with Gasteiger partial charge in [-0.3, -0.25) is 0 Å². The Morgan fingerprint density at radius 2 is 2.16 bits per heavy atom. The van der Waals surface area contributed by atoms with Crippen LogP contribution < -0.4 is 5.73 Å². The summed E-state index contributed by atoms with van der Waals surface area (Å²) in [6.45, 7) is 0. The topological polar surface area (TPSA) is 56.2 Å². The minimum absolute atomic E-state index is 0.664. The third-order valence-corrected chi connectivity index (χ3v) is 2.72. The molecular formula is C15H12N4. The van der Waals surface area contributed by atoms with Crippen molar-refractivity contribution in [1.82, 2.24) is 14.6 Å². The van der Waals surface area contributed by atoms with Gasteiger partial charge in [-0.2, -0.15) is 5.10 Å². The molecule has 3 rings (SSSR count). The van der Waals surface area contributed by atoms with Crippen LogP contribution in [0, 0.1) is 11.8 Å². The first kappa shape index (κ1) is 11.3. The van der Waals surface area contributed by atoms with Crippen molar-refractivity contribution in [1.29, 1.82) is 0 Å². The highest BCUT2D eigenvalue weighted by atomic mass is 15.2. The average Bonchev–Trinajstić information content (AvgIpc) is 2.86. The van der Waals surface area contributed by atoms with Crippen molar-refractivity contribution < 1.29 is 0 Å². The summed E-state index contributed by atoms with van der Waals surface area (Å²) in [5.74, 6) is 6.16. The third kappa shape index (κ3) is 2.55. The molecular weight excluding hydrogens is 236 g/mol. The molecule has 3 aromatic rings. The molecule has 0 unspecified atom stereocenters. The van der Waals surface area contributed by atoms with Gasteiger partial charge in [-0.1, -0.05) is 18.1 Å². The molecule has 19 heavy (non-hydrogen) atoms. The van der Waals surface area contributed by atoms with E-state index < -0.39 is 0 Å². The summed E-state index contributed by atoms with van der Waals surface area (Å²) in [6.07, 6.45) is 4.23.